The predicted octanol–water partition coefficient (Wildman–Crippen LogP) is -2.09. The van der Waals surface area contributed by atoms with Gasteiger partial charge in [0.05, 0.1) is 11.3 Å². The lowest BCUT2D eigenvalue weighted by atomic mass is 9.97. The molecule has 0 aliphatic carbocycles. The van der Waals surface area contributed by atoms with Crippen molar-refractivity contribution in [3.8, 4) is 0 Å². The molecule has 0 aliphatic heterocycles. The fourth-order valence-electron chi connectivity index (χ4n) is 0.946. The van der Waals surface area contributed by atoms with Crippen LogP contribution in [0.1, 0.15) is 12.5 Å². The molecule has 0 aliphatic rings. The van der Waals surface area contributed by atoms with E-state index in [0.717, 1.165) is 0 Å². The number of H-pyrrole nitrogens is 2. The zero-order valence-electron chi connectivity index (χ0n) is 7.79. The van der Waals surface area contributed by atoms with Gasteiger partial charge in [-0.2, -0.15) is 5.10 Å². The normalized spacial score (nSPS) is 11.2. The first kappa shape index (κ1) is 11.1. The first-order chi connectivity index (χ1) is 7.06. The zero-order chi connectivity index (χ0) is 11.4. The third kappa shape index (κ3) is 2.47. The largest absolute Gasteiger partial charge is 0.358 e. The van der Waals surface area contributed by atoms with Crippen LogP contribution in [0.3, 0.4) is 0 Å². The van der Waals surface area contributed by atoms with Gasteiger partial charge in [-0.1, -0.05) is 0 Å². The van der Waals surface area contributed by atoms with Crippen molar-refractivity contribution in [1.82, 2.24) is 21.1 Å². The molecule has 9 heteroatoms. The summed E-state index contributed by atoms with van der Waals surface area (Å²) in [5.74, 6) is 0. The molecule has 78 valence electrons. The first-order valence-electron chi connectivity index (χ1n) is 3.87. The molecule has 0 saturated heterocycles. The second-order valence-electron chi connectivity index (χ2n) is 2.62. The monoisotopic (exact) mass is 209 g/mol. The number of urea groups is 1. The fraction of sp³-hybridized carbons (Fsp3) is 0.167. The van der Waals surface area contributed by atoms with Crippen LogP contribution >= 0.6 is 0 Å². The SMILES string of the molecule is [B]c1[nH][nH]c(=O)c1/C(C)=N/NC(=O)NO. The average molecular weight is 209 g/mol. The van der Waals surface area contributed by atoms with Crippen LogP contribution in [0.25, 0.3) is 0 Å². The lowest BCUT2D eigenvalue weighted by Gasteiger charge is -1.99. The number of aromatic amines is 2. The molecule has 1 aromatic rings. The summed E-state index contributed by atoms with van der Waals surface area (Å²) >= 11 is 0. The van der Waals surface area contributed by atoms with Crippen LogP contribution in [0, 0.1) is 0 Å². The van der Waals surface area contributed by atoms with Crippen molar-refractivity contribution in [3.63, 3.8) is 0 Å². The number of nitrogens with zero attached hydrogens (tertiary/aromatic N) is 1. The van der Waals surface area contributed by atoms with Crippen LogP contribution in [0.4, 0.5) is 4.79 Å². The van der Waals surface area contributed by atoms with Crippen LogP contribution in [-0.4, -0.2) is 35.0 Å². The minimum absolute atomic E-state index is 0.118. The minimum atomic E-state index is -0.917. The maximum Gasteiger partial charge on any atom is 0.358 e. The van der Waals surface area contributed by atoms with Crippen LogP contribution < -0.4 is 22.1 Å². The van der Waals surface area contributed by atoms with E-state index in [1.165, 1.54) is 12.4 Å². The van der Waals surface area contributed by atoms with Gasteiger partial charge in [0.2, 0.25) is 0 Å². The van der Waals surface area contributed by atoms with Crippen molar-refractivity contribution in [2.45, 2.75) is 6.92 Å². The number of hydrazone groups is 1. The van der Waals surface area contributed by atoms with Crippen molar-refractivity contribution in [2.24, 2.45) is 5.10 Å². The third-order valence-corrected chi connectivity index (χ3v) is 1.60. The van der Waals surface area contributed by atoms with Gasteiger partial charge in [0.15, 0.2) is 0 Å². The number of nitrogens with one attached hydrogen (secondary N) is 4. The number of hydrogen-bond donors (Lipinski definition) is 5. The van der Waals surface area contributed by atoms with E-state index in [1.54, 1.807) is 0 Å². The summed E-state index contributed by atoms with van der Waals surface area (Å²) in [7, 11) is 5.44. The van der Waals surface area contributed by atoms with Gasteiger partial charge in [-0.15, -0.1) is 0 Å². The van der Waals surface area contributed by atoms with Gasteiger partial charge in [-0.25, -0.2) is 15.7 Å². The molecule has 0 atom stereocenters. The summed E-state index contributed by atoms with van der Waals surface area (Å²) in [6.45, 7) is 1.48. The van der Waals surface area contributed by atoms with Crippen molar-refractivity contribution < 1.29 is 10.0 Å². The molecule has 2 amide bonds. The highest BCUT2D eigenvalue weighted by atomic mass is 16.5. The Morgan fingerprint density at radius 3 is 2.67 bits per heavy atom. The van der Waals surface area contributed by atoms with Crippen LogP contribution in [0.15, 0.2) is 9.90 Å². The van der Waals surface area contributed by atoms with Gasteiger partial charge < -0.3 is 5.10 Å². The quantitative estimate of drug-likeness (QED) is 0.166. The standard InChI is InChI=1S/C6H8BN5O3/c1-2(8-11-6(14)12-15)3-4(7)9-10-5(3)13/h15H,1H3,(H2,9,10,13)(H2,11,12,14)/b8-2+. The van der Waals surface area contributed by atoms with Crippen LogP contribution in [0.5, 0.6) is 0 Å². The number of carbonyl (C=O) groups excluding carboxylic acids is 1. The Morgan fingerprint density at radius 2 is 2.20 bits per heavy atom. The van der Waals surface area contributed by atoms with E-state index in [1.807, 2.05) is 5.43 Å². The molecule has 0 aromatic carbocycles. The highest BCUT2D eigenvalue weighted by Crippen LogP contribution is 1.86. The maximum atomic E-state index is 11.2. The number of rotatable bonds is 2. The molecular formula is C6H8BN5O3. The summed E-state index contributed by atoms with van der Waals surface area (Å²) in [5, 5.41) is 16.3. The maximum absolute atomic E-state index is 11.2. The Bertz CT molecular complexity index is 448. The number of carbonyl (C=O) groups is 1. The van der Waals surface area contributed by atoms with Crippen LogP contribution in [-0.2, 0) is 0 Å². The molecule has 0 unspecified atom stereocenters. The van der Waals surface area contributed by atoms with Crippen molar-refractivity contribution in [1.29, 1.82) is 0 Å². The summed E-state index contributed by atoms with van der Waals surface area (Å²) in [4.78, 5) is 21.7. The molecule has 0 saturated carbocycles. The van der Waals surface area contributed by atoms with E-state index in [-0.39, 0.29) is 16.9 Å². The fourth-order valence-corrected chi connectivity index (χ4v) is 0.946. The summed E-state index contributed by atoms with van der Waals surface area (Å²) in [5.41, 5.74) is 3.27. The van der Waals surface area contributed by atoms with Crippen molar-refractivity contribution >= 4 is 25.2 Å². The highest BCUT2D eigenvalue weighted by molar-refractivity contribution is 6.35. The smallest absolute Gasteiger partial charge is 0.312 e. The molecular weight excluding hydrogens is 201 g/mol. The number of amides is 2. The average Bonchev–Trinajstić information content (AvgIpc) is 2.54. The van der Waals surface area contributed by atoms with Crippen molar-refractivity contribution in [2.75, 3.05) is 0 Å². The van der Waals surface area contributed by atoms with E-state index < -0.39 is 11.6 Å². The topological polar surface area (TPSA) is 122 Å². The van der Waals surface area contributed by atoms with E-state index >= 15 is 0 Å². The molecule has 15 heavy (non-hydrogen) atoms. The van der Waals surface area contributed by atoms with E-state index in [4.69, 9.17) is 13.1 Å². The molecule has 1 rings (SSSR count). The Morgan fingerprint density at radius 1 is 1.53 bits per heavy atom. The highest BCUT2D eigenvalue weighted by Gasteiger charge is 2.08. The molecule has 0 spiro atoms. The molecule has 0 bridgehead atoms. The van der Waals surface area contributed by atoms with Gasteiger partial charge in [0.25, 0.3) is 5.56 Å². The third-order valence-electron chi connectivity index (χ3n) is 1.60. The van der Waals surface area contributed by atoms with Gasteiger partial charge in [-0.3, -0.25) is 15.1 Å². The van der Waals surface area contributed by atoms with Gasteiger partial charge in [0, 0.05) is 0 Å². The minimum Gasteiger partial charge on any atom is -0.312 e. The number of hydrogen-bond acceptors (Lipinski definition) is 4. The lowest BCUT2D eigenvalue weighted by Crippen LogP contribution is -2.31. The van der Waals surface area contributed by atoms with E-state index in [2.05, 4.69) is 15.3 Å². The molecule has 8 nitrogen and oxygen atoms in total. The molecule has 1 aromatic heterocycles. The predicted molar refractivity (Wildman–Crippen MR) is 52.5 cm³/mol. The lowest BCUT2D eigenvalue weighted by molar-refractivity contribution is 0.162. The molecule has 1 heterocycles. The zero-order valence-corrected chi connectivity index (χ0v) is 7.79. The van der Waals surface area contributed by atoms with Gasteiger partial charge >= 0.3 is 6.03 Å². The van der Waals surface area contributed by atoms with E-state index in [9.17, 15) is 9.59 Å². The number of aromatic nitrogens is 2. The van der Waals surface area contributed by atoms with Gasteiger partial charge in [0.1, 0.15) is 7.85 Å². The Balaban J connectivity index is 2.89. The van der Waals surface area contributed by atoms with Crippen LogP contribution in [0.2, 0.25) is 0 Å². The molecule has 5 N–H and O–H groups in total. The Hall–Kier alpha value is -2.03. The Labute approximate surface area is 85.1 Å². The first-order valence-corrected chi connectivity index (χ1v) is 3.87. The molecule has 0 fully saturated rings. The second kappa shape index (κ2) is 4.46. The summed E-state index contributed by atoms with van der Waals surface area (Å²) < 4.78 is 0. The summed E-state index contributed by atoms with van der Waals surface area (Å²) in [6.07, 6.45) is 0. The second-order valence-corrected chi connectivity index (χ2v) is 2.62. The van der Waals surface area contributed by atoms with Gasteiger partial charge in [-0.05, 0) is 12.5 Å². The molecule has 2 radical (unpaired) electrons. The number of hydroxylamine groups is 1. The summed E-state index contributed by atoms with van der Waals surface area (Å²) in [6, 6.07) is -0.917. The van der Waals surface area contributed by atoms with Crippen molar-refractivity contribution in [3.05, 3.63) is 15.9 Å². The van der Waals surface area contributed by atoms with E-state index in [0.29, 0.717) is 0 Å². The Kier molecular flexibility index (Phi) is 3.29.